The van der Waals surface area contributed by atoms with Gasteiger partial charge in [0.25, 0.3) is 0 Å². The lowest BCUT2D eigenvalue weighted by atomic mass is 9.89. The van der Waals surface area contributed by atoms with Crippen molar-refractivity contribution in [1.82, 2.24) is 5.32 Å². The molecule has 1 heterocycles. The summed E-state index contributed by atoms with van der Waals surface area (Å²) in [7, 11) is 0. The Morgan fingerprint density at radius 3 is 2.73 bits per heavy atom. The molecule has 1 aliphatic carbocycles. The molecule has 3 unspecified atom stereocenters. The Hall–Kier alpha value is -0.610. The zero-order valence-corrected chi connectivity index (χ0v) is 9.20. The highest BCUT2D eigenvalue weighted by Crippen LogP contribution is 2.26. The molecular formula is C11H19NO3. The number of nitrogens with one attached hydrogen (secondary N) is 1. The summed E-state index contributed by atoms with van der Waals surface area (Å²) >= 11 is 0. The number of carbonyl (C=O) groups is 1. The van der Waals surface area contributed by atoms with E-state index in [1.165, 1.54) is 0 Å². The van der Waals surface area contributed by atoms with Crippen LogP contribution in [-0.4, -0.2) is 37.4 Å². The van der Waals surface area contributed by atoms with Crippen molar-refractivity contribution >= 4 is 5.91 Å². The Bertz CT molecular complexity index is 232. The zero-order valence-electron chi connectivity index (χ0n) is 9.20. The molecule has 1 saturated heterocycles. The second-order valence-corrected chi connectivity index (χ2v) is 4.25. The fourth-order valence-corrected chi connectivity index (χ4v) is 2.33. The molecule has 2 aliphatic rings. The normalized spacial score (nSPS) is 35.7. The summed E-state index contributed by atoms with van der Waals surface area (Å²) < 4.78 is 11.3. The molecule has 0 aromatic carbocycles. The van der Waals surface area contributed by atoms with E-state index in [0.29, 0.717) is 19.6 Å². The van der Waals surface area contributed by atoms with Crippen molar-refractivity contribution in [3.8, 4) is 0 Å². The Morgan fingerprint density at radius 2 is 2.00 bits per heavy atom. The molecule has 1 saturated carbocycles. The van der Waals surface area contributed by atoms with Crippen LogP contribution in [0.4, 0.5) is 0 Å². The molecule has 4 heteroatoms. The van der Waals surface area contributed by atoms with Crippen LogP contribution in [0.2, 0.25) is 0 Å². The van der Waals surface area contributed by atoms with Gasteiger partial charge in [-0.05, 0) is 19.3 Å². The van der Waals surface area contributed by atoms with E-state index < -0.39 is 0 Å². The van der Waals surface area contributed by atoms with Crippen molar-refractivity contribution < 1.29 is 14.3 Å². The molecular weight excluding hydrogens is 194 g/mol. The van der Waals surface area contributed by atoms with Crippen LogP contribution in [0.3, 0.4) is 0 Å². The predicted octanol–water partition coefficient (Wildman–Crippen LogP) is 0.849. The van der Waals surface area contributed by atoms with Gasteiger partial charge < -0.3 is 14.8 Å². The molecule has 1 aliphatic heterocycles. The second-order valence-electron chi connectivity index (χ2n) is 4.25. The maximum atomic E-state index is 11.3. The van der Waals surface area contributed by atoms with Gasteiger partial charge >= 0.3 is 0 Å². The van der Waals surface area contributed by atoms with Crippen LogP contribution in [0, 0.1) is 0 Å². The first kappa shape index (κ1) is 10.9. The molecule has 0 aromatic heterocycles. The van der Waals surface area contributed by atoms with Crippen LogP contribution >= 0.6 is 0 Å². The number of fused-ring (bicyclic) bond motifs is 1. The minimum Gasteiger partial charge on any atom is -0.373 e. The maximum absolute atomic E-state index is 11.3. The smallest absolute Gasteiger partial charge is 0.219 e. The van der Waals surface area contributed by atoms with Gasteiger partial charge in [-0.25, -0.2) is 0 Å². The SMILES string of the molecule is CCC(=O)NC1CCC2OCCOC2C1. The van der Waals surface area contributed by atoms with Crippen LogP contribution in [0.1, 0.15) is 32.6 Å². The van der Waals surface area contributed by atoms with Crippen LogP contribution in [0.5, 0.6) is 0 Å². The number of rotatable bonds is 2. The minimum absolute atomic E-state index is 0.134. The Labute approximate surface area is 90.3 Å². The van der Waals surface area contributed by atoms with Crippen LogP contribution in [0.15, 0.2) is 0 Å². The average Bonchev–Trinajstić information content (AvgIpc) is 2.29. The van der Waals surface area contributed by atoms with E-state index in [9.17, 15) is 4.79 Å². The summed E-state index contributed by atoms with van der Waals surface area (Å²) in [6.45, 7) is 3.28. The summed E-state index contributed by atoms with van der Waals surface area (Å²) in [5, 5.41) is 3.03. The predicted molar refractivity (Wildman–Crippen MR) is 55.6 cm³/mol. The standard InChI is InChI=1S/C11H19NO3/c1-2-11(13)12-8-3-4-9-10(7-8)15-6-5-14-9/h8-10H,2-7H2,1H3,(H,12,13). The minimum atomic E-state index is 0.134. The van der Waals surface area contributed by atoms with Gasteiger partial charge in [0, 0.05) is 12.5 Å². The number of hydrogen-bond acceptors (Lipinski definition) is 3. The molecule has 15 heavy (non-hydrogen) atoms. The first-order chi connectivity index (χ1) is 7.29. The highest BCUT2D eigenvalue weighted by molar-refractivity contribution is 5.75. The Kier molecular flexibility index (Phi) is 3.59. The highest BCUT2D eigenvalue weighted by atomic mass is 16.6. The van der Waals surface area contributed by atoms with Gasteiger partial charge in [0.2, 0.25) is 5.91 Å². The van der Waals surface area contributed by atoms with E-state index in [0.717, 1.165) is 19.3 Å². The van der Waals surface area contributed by atoms with Crippen LogP contribution < -0.4 is 5.32 Å². The number of ether oxygens (including phenoxy) is 2. The van der Waals surface area contributed by atoms with Crippen molar-refractivity contribution in [3.05, 3.63) is 0 Å². The molecule has 0 spiro atoms. The molecule has 4 nitrogen and oxygen atoms in total. The summed E-state index contributed by atoms with van der Waals surface area (Å²) in [5.41, 5.74) is 0. The fraction of sp³-hybridized carbons (Fsp3) is 0.909. The molecule has 2 fully saturated rings. The second kappa shape index (κ2) is 4.94. The zero-order chi connectivity index (χ0) is 10.7. The van der Waals surface area contributed by atoms with Crippen LogP contribution in [0.25, 0.3) is 0 Å². The van der Waals surface area contributed by atoms with Gasteiger partial charge in [0.05, 0.1) is 25.4 Å². The third kappa shape index (κ3) is 2.69. The van der Waals surface area contributed by atoms with E-state index in [1.807, 2.05) is 6.92 Å². The van der Waals surface area contributed by atoms with Crippen molar-refractivity contribution in [1.29, 1.82) is 0 Å². The van der Waals surface area contributed by atoms with Crippen molar-refractivity contribution in [2.75, 3.05) is 13.2 Å². The third-order valence-corrected chi connectivity index (χ3v) is 3.16. The van der Waals surface area contributed by atoms with Gasteiger partial charge in [0.15, 0.2) is 0 Å². The molecule has 86 valence electrons. The Morgan fingerprint density at radius 1 is 1.27 bits per heavy atom. The lowest BCUT2D eigenvalue weighted by Gasteiger charge is -2.39. The Balaban J connectivity index is 1.83. The van der Waals surface area contributed by atoms with E-state index >= 15 is 0 Å². The van der Waals surface area contributed by atoms with Gasteiger partial charge in [-0.1, -0.05) is 6.92 Å². The molecule has 1 N–H and O–H groups in total. The first-order valence-corrected chi connectivity index (χ1v) is 5.82. The van der Waals surface area contributed by atoms with Gasteiger partial charge in [0.1, 0.15) is 0 Å². The van der Waals surface area contributed by atoms with Crippen molar-refractivity contribution in [2.45, 2.75) is 50.9 Å². The van der Waals surface area contributed by atoms with Crippen LogP contribution in [-0.2, 0) is 14.3 Å². The molecule has 0 bridgehead atoms. The largest absolute Gasteiger partial charge is 0.373 e. The summed E-state index contributed by atoms with van der Waals surface area (Å²) in [6, 6.07) is 0.278. The van der Waals surface area contributed by atoms with E-state index in [-0.39, 0.29) is 24.2 Å². The number of hydrogen-bond donors (Lipinski definition) is 1. The van der Waals surface area contributed by atoms with Gasteiger partial charge in [-0.3, -0.25) is 4.79 Å². The fourth-order valence-electron chi connectivity index (χ4n) is 2.33. The lowest BCUT2D eigenvalue weighted by Crippen LogP contribution is -2.49. The maximum Gasteiger partial charge on any atom is 0.219 e. The molecule has 0 aromatic rings. The number of carbonyl (C=O) groups excluding carboxylic acids is 1. The molecule has 3 atom stereocenters. The quantitative estimate of drug-likeness (QED) is 0.739. The van der Waals surface area contributed by atoms with Crippen molar-refractivity contribution in [2.24, 2.45) is 0 Å². The molecule has 2 rings (SSSR count). The summed E-state index contributed by atoms with van der Waals surface area (Å²) in [6.07, 6.45) is 3.91. The third-order valence-electron chi connectivity index (χ3n) is 3.16. The molecule has 1 amide bonds. The first-order valence-electron chi connectivity index (χ1n) is 5.82. The van der Waals surface area contributed by atoms with Gasteiger partial charge in [-0.2, -0.15) is 0 Å². The topological polar surface area (TPSA) is 47.6 Å². The average molecular weight is 213 g/mol. The summed E-state index contributed by atoms with van der Waals surface area (Å²) in [5.74, 6) is 0.134. The lowest BCUT2D eigenvalue weighted by molar-refractivity contribution is -0.158. The monoisotopic (exact) mass is 213 g/mol. The number of amides is 1. The van der Waals surface area contributed by atoms with E-state index in [1.54, 1.807) is 0 Å². The van der Waals surface area contributed by atoms with Crippen molar-refractivity contribution in [3.63, 3.8) is 0 Å². The highest BCUT2D eigenvalue weighted by Gasteiger charge is 2.34. The van der Waals surface area contributed by atoms with E-state index in [4.69, 9.17) is 9.47 Å². The van der Waals surface area contributed by atoms with Gasteiger partial charge in [-0.15, -0.1) is 0 Å². The summed E-state index contributed by atoms with van der Waals surface area (Å²) in [4.78, 5) is 11.3. The molecule has 0 radical (unpaired) electrons. The van der Waals surface area contributed by atoms with E-state index in [2.05, 4.69) is 5.32 Å².